The lowest BCUT2D eigenvalue weighted by Gasteiger charge is -2.20. The molecule has 5 heteroatoms. The van der Waals surface area contributed by atoms with Gasteiger partial charge in [0.2, 0.25) is 0 Å². The summed E-state index contributed by atoms with van der Waals surface area (Å²) in [6, 6.07) is 16.6. The molecule has 1 fully saturated rings. The van der Waals surface area contributed by atoms with Crippen LogP contribution in [-0.4, -0.2) is 22.3 Å². The fourth-order valence-corrected chi connectivity index (χ4v) is 3.29. The van der Waals surface area contributed by atoms with E-state index in [9.17, 15) is 9.59 Å². The van der Waals surface area contributed by atoms with Crippen LogP contribution in [-0.2, 0) is 0 Å². The van der Waals surface area contributed by atoms with Crippen LogP contribution in [0.15, 0.2) is 54.6 Å². The van der Waals surface area contributed by atoms with Gasteiger partial charge >= 0.3 is 0 Å². The minimum absolute atomic E-state index is 0.135. The summed E-state index contributed by atoms with van der Waals surface area (Å²) in [5, 5.41) is 6.73. The van der Waals surface area contributed by atoms with Crippen LogP contribution in [0.3, 0.4) is 0 Å². The van der Waals surface area contributed by atoms with Gasteiger partial charge in [-0.2, -0.15) is 0 Å². The summed E-state index contributed by atoms with van der Waals surface area (Å²) >= 11 is 0. The molecule has 2 aromatic carbocycles. The Labute approximate surface area is 170 Å². The number of para-hydroxylation sites is 1. The second kappa shape index (κ2) is 7.32. The van der Waals surface area contributed by atoms with Gasteiger partial charge in [-0.25, -0.2) is 0 Å². The Morgan fingerprint density at radius 3 is 2.31 bits per heavy atom. The van der Waals surface area contributed by atoms with Gasteiger partial charge in [0, 0.05) is 33.8 Å². The first-order valence-corrected chi connectivity index (χ1v) is 9.94. The SMILES string of the molecule is CC(C)(C)NC(=O)c1ccc(NC(=O)c2cc(C3CC3)nc3ccccc23)cc1. The molecular weight excluding hydrogens is 362 g/mol. The number of nitrogens with one attached hydrogen (secondary N) is 2. The highest BCUT2D eigenvalue weighted by Gasteiger charge is 2.27. The van der Waals surface area contributed by atoms with Gasteiger partial charge in [0.1, 0.15) is 0 Å². The molecule has 1 aliphatic rings. The van der Waals surface area contributed by atoms with E-state index in [1.807, 2.05) is 51.1 Å². The zero-order valence-corrected chi connectivity index (χ0v) is 17.0. The number of benzene rings is 2. The summed E-state index contributed by atoms with van der Waals surface area (Å²) in [7, 11) is 0. The van der Waals surface area contributed by atoms with Crippen LogP contribution >= 0.6 is 0 Å². The van der Waals surface area contributed by atoms with Crippen molar-refractivity contribution < 1.29 is 9.59 Å². The van der Waals surface area contributed by atoms with Crippen molar-refractivity contribution in [1.29, 1.82) is 0 Å². The van der Waals surface area contributed by atoms with Crippen molar-refractivity contribution in [1.82, 2.24) is 10.3 Å². The topological polar surface area (TPSA) is 71.1 Å². The van der Waals surface area contributed by atoms with E-state index in [1.54, 1.807) is 24.3 Å². The van der Waals surface area contributed by atoms with Crippen LogP contribution in [0.25, 0.3) is 10.9 Å². The molecule has 0 radical (unpaired) electrons. The van der Waals surface area contributed by atoms with E-state index in [0.29, 0.717) is 22.7 Å². The van der Waals surface area contributed by atoms with Crippen molar-refractivity contribution in [2.45, 2.75) is 45.1 Å². The molecule has 0 bridgehead atoms. The molecule has 5 nitrogen and oxygen atoms in total. The second-order valence-corrected chi connectivity index (χ2v) is 8.62. The van der Waals surface area contributed by atoms with Crippen LogP contribution in [0, 0.1) is 0 Å². The second-order valence-electron chi connectivity index (χ2n) is 8.62. The maximum Gasteiger partial charge on any atom is 0.256 e. The van der Waals surface area contributed by atoms with Crippen LogP contribution in [0.4, 0.5) is 5.69 Å². The third-order valence-electron chi connectivity index (χ3n) is 4.87. The van der Waals surface area contributed by atoms with Crippen molar-refractivity contribution >= 4 is 28.4 Å². The van der Waals surface area contributed by atoms with Crippen LogP contribution in [0.1, 0.15) is 65.9 Å². The van der Waals surface area contributed by atoms with Crippen molar-refractivity contribution in [3.05, 3.63) is 71.4 Å². The lowest BCUT2D eigenvalue weighted by Crippen LogP contribution is -2.40. The highest BCUT2D eigenvalue weighted by molar-refractivity contribution is 6.12. The normalized spacial score (nSPS) is 13.9. The molecule has 3 aromatic rings. The van der Waals surface area contributed by atoms with E-state index in [2.05, 4.69) is 10.6 Å². The summed E-state index contributed by atoms with van der Waals surface area (Å²) in [4.78, 5) is 30.0. The average molecular weight is 387 g/mol. The minimum Gasteiger partial charge on any atom is -0.347 e. The molecule has 2 amide bonds. The van der Waals surface area contributed by atoms with Crippen LogP contribution < -0.4 is 10.6 Å². The summed E-state index contributed by atoms with van der Waals surface area (Å²) in [5.74, 6) is 0.161. The lowest BCUT2D eigenvalue weighted by molar-refractivity contribution is 0.0919. The molecule has 0 aliphatic heterocycles. The van der Waals surface area contributed by atoms with E-state index in [0.717, 1.165) is 29.4 Å². The largest absolute Gasteiger partial charge is 0.347 e. The van der Waals surface area contributed by atoms with E-state index in [4.69, 9.17) is 4.98 Å². The number of hydrogen-bond acceptors (Lipinski definition) is 3. The monoisotopic (exact) mass is 387 g/mol. The van der Waals surface area contributed by atoms with Gasteiger partial charge in [-0.15, -0.1) is 0 Å². The fraction of sp³-hybridized carbons (Fsp3) is 0.292. The van der Waals surface area contributed by atoms with Gasteiger partial charge in [-0.05, 0) is 70.0 Å². The lowest BCUT2D eigenvalue weighted by atomic mass is 10.0. The fourth-order valence-electron chi connectivity index (χ4n) is 3.29. The van der Waals surface area contributed by atoms with Gasteiger partial charge in [-0.1, -0.05) is 18.2 Å². The number of fused-ring (bicyclic) bond motifs is 1. The van der Waals surface area contributed by atoms with Gasteiger partial charge in [0.25, 0.3) is 11.8 Å². The maximum atomic E-state index is 13.0. The van der Waals surface area contributed by atoms with Crippen molar-refractivity contribution in [3.63, 3.8) is 0 Å². The minimum atomic E-state index is -0.300. The van der Waals surface area contributed by atoms with Crippen molar-refractivity contribution in [2.24, 2.45) is 0 Å². The van der Waals surface area contributed by atoms with Gasteiger partial charge in [-0.3, -0.25) is 14.6 Å². The van der Waals surface area contributed by atoms with Gasteiger partial charge < -0.3 is 10.6 Å². The zero-order valence-electron chi connectivity index (χ0n) is 17.0. The molecule has 0 atom stereocenters. The Balaban J connectivity index is 1.56. The molecule has 1 heterocycles. The Morgan fingerprint density at radius 2 is 1.66 bits per heavy atom. The van der Waals surface area contributed by atoms with Crippen LogP contribution in [0.2, 0.25) is 0 Å². The number of carbonyl (C=O) groups excluding carboxylic acids is 2. The molecule has 0 unspecified atom stereocenters. The molecule has 2 N–H and O–H groups in total. The van der Waals surface area contributed by atoms with Crippen LogP contribution in [0.5, 0.6) is 0 Å². The summed E-state index contributed by atoms with van der Waals surface area (Å²) < 4.78 is 0. The summed E-state index contributed by atoms with van der Waals surface area (Å²) in [5.41, 5.74) is 3.37. The molecular formula is C24H25N3O2. The third-order valence-corrected chi connectivity index (χ3v) is 4.87. The molecule has 29 heavy (non-hydrogen) atoms. The Bertz CT molecular complexity index is 1080. The van der Waals surface area contributed by atoms with Gasteiger partial charge in [0.05, 0.1) is 11.1 Å². The maximum absolute atomic E-state index is 13.0. The smallest absolute Gasteiger partial charge is 0.256 e. The molecule has 0 saturated heterocycles. The molecule has 1 aliphatic carbocycles. The highest BCUT2D eigenvalue weighted by atomic mass is 16.2. The number of pyridine rings is 1. The number of nitrogens with zero attached hydrogens (tertiary/aromatic N) is 1. The van der Waals surface area contributed by atoms with Gasteiger partial charge in [0.15, 0.2) is 0 Å². The van der Waals surface area contributed by atoms with Crippen molar-refractivity contribution in [2.75, 3.05) is 5.32 Å². The molecule has 1 aromatic heterocycles. The Hall–Kier alpha value is -3.21. The predicted octanol–water partition coefficient (Wildman–Crippen LogP) is 4.89. The quantitative estimate of drug-likeness (QED) is 0.669. The van der Waals surface area contributed by atoms with E-state index in [1.165, 1.54) is 0 Å². The number of aromatic nitrogens is 1. The number of rotatable bonds is 4. The molecule has 0 spiro atoms. The Morgan fingerprint density at radius 1 is 0.966 bits per heavy atom. The first kappa shape index (κ1) is 19.1. The van der Waals surface area contributed by atoms with E-state index < -0.39 is 0 Å². The third kappa shape index (κ3) is 4.45. The summed E-state index contributed by atoms with van der Waals surface area (Å²) in [6.45, 7) is 5.82. The average Bonchev–Trinajstić information content (AvgIpc) is 3.51. The number of amides is 2. The highest BCUT2D eigenvalue weighted by Crippen LogP contribution is 2.40. The first-order chi connectivity index (χ1) is 13.8. The molecule has 148 valence electrons. The number of anilines is 1. The standard InChI is InChI=1S/C24H25N3O2/c1-24(2,3)27-22(28)16-10-12-17(13-11-16)25-23(29)19-14-21(15-8-9-15)26-20-7-5-4-6-18(19)20/h4-7,10-15H,8-9H2,1-3H3,(H,25,29)(H,27,28). The Kier molecular flexibility index (Phi) is 4.82. The van der Waals surface area contributed by atoms with E-state index in [-0.39, 0.29) is 17.4 Å². The molecule has 4 rings (SSSR count). The van der Waals surface area contributed by atoms with E-state index >= 15 is 0 Å². The summed E-state index contributed by atoms with van der Waals surface area (Å²) in [6.07, 6.45) is 2.26. The zero-order chi connectivity index (χ0) is 20.6. The number of carbonyl (C=O) groups is 2. The number of hydrogen-bond donors (Lipinski definition) is 2. The molecule has 1 saturated carbocycles. The predicted molar refractivity (Wildman–Crippen MR) is 115 cm³/mol. The first-order valence-electron chi connectivity index (χ1n) is 9.94. The van der Waals surface area contributed by atoms with Crippen molar-refractivity contribution in [3.8, 4) is 0 Å².